The largest absolute Gasteiger partial charge is 0.490 e. The number of benzene rings is 1. The number of β-amino-alcohol motifs (C(OH)–C–C–N with tert-alkyl or cyclic N) is 1. The summed E-state index contributed by atoms with van der Waals surface area (Å²) in [7, 11) is 1.73. The first-order valence-electron chi connectivity index (χ1n) is 8.42. The summed E-state index contributed by atoms with van der Waals surface area (Å²) in [6.07, 6.45) is 1.13. The van der Waals surface area contributed by atoms with Crippen LogP contribution in [0.4, 0.5) is 0 Å². The van der Waals surface area contributed by atoms with Crippen LogP contribution < -0.4 is 15.6 Å². The molecule has 3 rings (SSSR count). The molecule has 3 aromatic rings. The molecular formula is C19H25N3O3. The minimum atomic E-state index is -0.618. The molecule has 0 saturated carbocycles. The van der Waals surface area contributed by atoms with Gasteiger partial charge in [-0.1, -0.05) is 6.07 Å². The van der Waals surface area contributed by atoms with Gasteiger partial charge in [0.25, 0.3) is 5.56 Å². The first-order valence-corrected chi connectivity index (χ1v) is 8.42. The molecule has 6 heteroatoms. The number of nitrogens with one attached hydrogen (secondary N) is 2. The van der Waals surface area contributed by atoms with Crippen LogP contribution in [0, 0.1) is 0 Å². The maximum absolute atomic E-state index is 12.3. The van der Waals surface area contributed by atoms with E-state index in [-0.39, 0.29) is 17.7 Å². The van der Waals surface area contributed by atoms with Crippen molar-refractivity contribution in [1.82, 2.24) is 14.9 Å². The number of rotatable bonds is 5. The summed E-state index contributed by atoms with van der Waals surface area (Å²) in [6.45, 7) is 6.78. The van der Waals surface area contributed by atoms with E-state index in [2.05, 4.69) is 10.3 Å². The van der Waals surface area contributed by atoms with Crippen molar-refractivity contribution in [2.45, 2.75) is 32.4 Å². The highest BCUT2D eigenvalue weighted by Crippen LogP contribution is 2.31. The Morgan fingerprint density at radius 1 is 1.32 bits per heavy atom. The first kappa shape index (κ1) is 17.5. The zero-order valence-corrected chi connectivity index (χ0v) is 15.1. The number of H-pyrrole nitrogens is 1. The van der Waals surface area contributed by atoms with Gasteiger partial charge < -0.3 is 24.7 Å². The quantitative estimate of drug-likeness (QED) is 0.663. The van der Waals surface area contributed by atoms with Crippen LogP contribution in [-0.2, 0) is 7.05 Å². The third-order valence-electron chi connectivity index (χ3n) is 4.12. The highest BCUT2D eigenvalue weighted by Gasteiger charge is 2.15. The fraction of sp³-hybridized carbons (Fsp3) is 0.421. The molecular weight excluding hydrogens is 318 g/mol. The Kier molecular flexibility index (Phi) is 4.58. The van der Waals surface area contributed by atoms with Gasteiger partial charge in [0.2, 0.25) is 0 Å². The Labute approximate surface area is 146 Å². The Bertz CT molecular complexity index is 950. The number of aliphatic hydroxyl groups is 1. The summed E-state index contributed by atoms with van der Waals surface area (Å²) in [5, 5.41) is 15.1. The summed E-state index contributed by atoms with van der Waals surface area (Å²) >= 11 is 0. The van der Waals surface area contributed by atoms with Crippen molar-refractivity contribution in [1.29, 1.82) is 0 Å². The predicted octanol–water partition coefficient (Wildman–Crippen LogP) is 2.15. The van der Waals surface area contributed by atoms with E-state index in [0.717, 1.165) is 16.3 Å². The molecule has 1 atom stereocenters. The summed E-state index contributed by atoms with van der Waals surface area (Å²) in [6, 6.07) is 7.55. The SMILES string of the molecule is Cn1ccc2c([nH]c3cccc(OCC(O)CNC(C)(C)C)c32)c1=O. The van der Waals surface area contributed by atoms with Crippen molar-refractivity contribution >= 4 is 21.8 Å². The number of fused-ring (bicyclic) bond motifs is 3. The van der Waals surface area contributed by atoms with Crippen LogP contribution in [0.2, 0.25) is 0 Å². The number of aromatic amines is 1. The molecule has 2 aromatic heterocycles. The highest BCUT2D eigenvalue weighted by atomic mass is 16.5. The number of ether oxygens (including phenoxy) is 1. The number of hydrogen-bond donors (Lipinski definition) is 3. The van der Waals surface area contributed by atoms with Crippen LogP contribution in [0.5, 0.6) is 5.75 Å². The summed E-state index contributed by atoms with van der Waals surface area (Å²) in [4.78, 5) is 15.5. The predicted molar refractivity (Wildman–Crippen MR) is 100 cm³/mol. The van der Waals surface area contributed by atoms with E-state index in [9.17, 15) is 9.90 Å². The zero-order chi connectivity index (χ0) is 18.2. The standard InChI is InChI=1S/C19H25N3O3/c1-19(2,3)20-10-12(23)11-25-15-7-5-6-14-16(15)13-8-9-22(4)18(24)17(13)21-14/h5-9,12,20-21,23H,10-11H2,1-4H3. The lowest BCUT2D eigenvalue weighted by Gasteiger charge is -2.23. The molecule has 0 saturated heterocycles. The van der Waals surface area contributed by atoms with Crippen LogP contribution in [0.25, 0.3) is 21.8 Å². The van der Waals surface area contributed by atoms with Crippen molar-refractivity contribution in [3.63, 3.8) is 0 Å². The lowest BCUT2D eigenvalue weighted by Crippen LogP contribution is -2.42. The molecule has 0 aliphatic rings. The number of hydrogen-bond acceptors (Lipinski definition) is 4. The van der Waals surface area contributed by atoms with Gasteiger partial charge in [-0.05, 0) is 39.0 Å². The normalized spacial score (nSPS) is 13.5. The second-order valence-electron chi connectivity index (χ2n) is 7.42. The van der Waals surface area contributed by atoms with Gasteiger partial charge in [-0.15, -0.1) is 0 Å². The average Bonchev–Trinajstić information content (AvgIpc) is 2.93. The fourth-order valence-electron chi connectivity index (χ4n) is 2.80. The molecule has 0 aliphatic heterocycles. The lowest BCUT2D eigenvalue weighted by atomic mass is 10.1. The number of aryl methyl sites for hydroxylation is 1. The van der Waals surface area contributed by atoms with Crippen molar-refractivity contribution in [2.24, 2.45) is 7.05 Å². The molecule has 0 amide bonds. The molecule has 0 radical (unpaired) electrons. The topological polar surface area (TPSA) is 79.3 Å². The second kappa shape index (κ2) is 6.54. The molecule has 3 N–H and O–H groups in total. The van der Waals surface area contributed by atoms with Gasteiger partial charge >= 0.3 is 0 Å². The van der Waals surface area contributed by atoms with Crippen molar-refractivity contribution < 1.29 is 9.84 Å². The van der Waals surface area contributed by atoms with Crippen LogP contribution in [0.15, 0.2) is 35.3 Å². The van der Waals surface area contributed by atoms with E-state index >= 15 is 0 Å². The number of nitrogens with zero attached hydrogens (tertiary/aromatic N) is 1. The summed E-state index contributed by atoms with van der Waals surface area (Å²) < 4.78 is 7.41. The van der Waals surface area contributed by atoms with Crippen LogP contribution in [0.3, 0.4) is 0 Å². The maximum atomic E-state index is 12.3. The van der Waals surface area contributed by atoms with Gasteiger partial charge in [-0.3, -0.25) is 4.79 Å². The maximum Gasteiger partial charge on any atom is 0.274 e. The molecule has 1 aromatic carbocycles. The molecule has 0 fully saturated rings. The Morgan fingerprint density at radius 2 is 2.08 bits per heavy atom. The minimum Gasteiger partial charge on any atom is -0.490 e. The molecule has 6 nitrogen and oxygen atoms in total. The summed E-state index contributed by atoms with van der Waals surface area (Å²) in [5.74, 6) is 0.659. The van der Waals surface area contributed by atoms with Crippen LogP contribution in [0.1, 0.15) is 20.8 Å². The van der Waals surface area contributed by atoms with E-state index < -0.39 is 6.10 Å². The Hall–Kier alpha value is -2.31. The van der Waals surface area contributed by atoms with Gasteiger partial charge in [0, 0.05) is 36.1 Å². The van der Waals surface area contributed by atoms with E-state index in [1.807, 2.05) is 45.0 Å². The highest BCUT2D eigenvalue weighted by molar-refractivity contribution is 6.10. The molecule has 134 valence electrons. The third kappa shape index (κ3) is 3.70. The smallest absolute Gasteiger partial charge is 0.274 e. The fourth-order valence-corrected chi connectivity index (χ4v) is 2.80. The molecule has 1 unspecified atom stereocenters. The molecule has 0 bridgehead atoms. The van der Waals surface area contributed by atoms with E-state index in [1.54, 1.807) is 17.8 Å². The lowest BCUT2D eigenvalue weighted by molar-refractivity contribution is 0.101. The number of pyridine rings is 1. The van der Waals surface area contributed by atoms with E-state index in [4.69, 9.17) is 4.74 Å². The van der Waals surface area contributed by atoms with Gasteiger partial charge in [0.15, 0.2) is 0 Å². The van der Waals surface area contributed by atoms with Crippen molar-refractivity contribution in [3.8, 4) is 5.75 Å². The number of aliphatic hydroxyl groups excluding tert-OH is 1. The average molecular weight is 343 g/mol. The Morgan fingerprint density at radius 3 is 2.80 bits per heavy atom. The van der Waals surface area contributed by atoms with Crippen LogP contribution >= 0.6 is 0 Å². The van der Waals surface area contributed by atoms with E-state index in [0.29, 0.717) is 17.8 Å². The molecule has 2 heterocycles. The van der Waals surface area contributed by atoms with Crippen molar-refractivity contribution in [3.05, 3.63) is 40.8 Å². The molecule has 25 heavy (non-hydrogen) atoms. The minimum absolute atomic E-state index is 0.0577. The monoisotopic (exact) mass is 343 g/mol. The van der Waals surface area contributed by atoms with Crippen molar-refractivity contribution in [2.75, 3.05) is 13.2 Å². The number of aromatic nitrogens is 2. The van der Waals surface area contributed by atoms with Gasteiger partial charge in [0.1, 0.15) is 24.0 Å². The Balaban J connectivity index is 1.87. The molecule has 0 aliphatic carbocycles. The summed E-state index contributed by atoms with van der Waals surface area (Å²) in [5.41, 5.74) is 1.27. The second-order valence-corrected chi connectivity index (χ2v) is 7.42. The third-order valence-corrected chi connectivity index (χ3v) is 4.12. The van der Waals surface area contributed by atoms with Gasteiger partial charge in [-0.2, -0.15) is 0 Å². The zero-order valence-electron chi connectivity index (χ0n) is 15.1. The van der Waals surface area contributed by atoms with Gasteiger partial charge in [0.05, 0.1) is 5.52 Å². The van der Waals surface area contributed by atoms with E-state index in [1.165, 1.54) is 0 Å². The molecule has 0 spiro atoms. The van der Waals surface area contributed by atoms with Gasteiger partial charge in [-0.25, -0.2) is 0 Å². The first-order chi connectivity index (χ1) is 11.8. The van der Waals surface area contributed by atoms with Crippen LogP contribution in [-0.4, -0.2) is 39.5 Å².